The van der Waals surface area contributed by atoms with E-state index in [0.717, 1.165) is 34.3 Å². The maximum Gasteiger partial charge on any atom is 0.164 e. The van der Waals surface area contributed by atoms with Gasteiger partial charge in [0.2, 0.25) is 0 Å². The number of nitrogens with zero attached hydrogens (tertiary/aromatic N) is 1. The monoisotopic (exact) mass is 323 g/mol. The second-order valence-electron chi connectivity index (χ2n) is 4.42. The highest BCUT2D eigenvalue weighted by Crippen LogP contribution is 2.30. The first-order chi connectivity index (χ1) is 8.66. The van der Waals surface area contributed by atoms with Gasteiger partial charge in [0.1, 0.15) is 0 Å². The van der Waals surface area contributed by atoms with Gasteiger partial charge < -0.3 is 4.57 Å². The van der Waals surface area contributed by atoms with Gasteiger partial charge in [0, 0.05) is 28.3 Å². The number of carbonyl (C=O) groups excluding carboxylic acids is 1. The van der Waals surface area contributed by atoms with Crippen molar-refractivity contribution in [2.75, 3.05) is 0 Å². The van der Waals surface area contributed by atoms with Gasteiger partial charge in [-0.1, -0.05) is 27.5 Å². The first-order valence-corrected chi connectivity index (χ1v) is 7.03. The number of carbonyl (C=O) groups is 1. The van der Waals surface area contributed by atoms with Gasteiger partial charge in [0.15, 0.2) is 5.78 Å². The molecule has 0 aliphatic heterocycles. The zero-order valence-electron chi connectivity index (χ0n) is 9.62. The van der Waals surface area contributed by atoms with Crippen LogP contribution in [0.25, 0.3) is 5.69 Å². The summed E-state index contributed by atoms with van der Waals surface area (Å²) < 4.78 is 3.01. The van der Waals surface area contributed by atoms with E-state index < -0.39 is 0 Å². The number of hydrogen-bond donors (Lipinski definition) is 0. The van der Waals surface area contributed by atoms with Crippen LogP contribution in [0.4, 0.5) is 0 Å². The van der Waals surface area contributed by atoms with Gasteiger partial charge in [-0.15, -0.1) is 0 Å². The SMILES string of the molecule is O=C1CCCc2c1ccn2-c1cc(Br)ccc1Cl. The topological polar surface area (TPSA) is 22.0 Å². The summed E-state index contributed by atoms with van der Waals surface area (Å²) in [6.07, 6.45) is 4.43. The minimum Gasteiger partial charge on any atom is -0.319 e. The van der Waals surface area contributed by atoms with Gasteiger partial charge >= 0.3 is 0 Å². The Hall–Kier alpha value is -1.06. The summed E-state index contributed by atoms with van der Waals surface area (Å²) in [5, 5.41) is 0.689. The summed E-state index contributed by atoms with van der Waals surface area (Å²) >= 11 is 9.69. The van der Waals surface area contributed by atoms with Crippen LogP contribution in [-0.2, 0) is 6.42 Å². The van der Waals surface area contributed by atoms with Gasteiger partial charge in [-0.3, -0.25) is 4.79 Å². The van der Waals surface area contributed by atoms with E-state index >= 15 is 0 Å². The second-order valence-corrected chi connectivity index (χ2v) is 5.74. The van der Waals surface area contributed by atoms with Crippen LogP contribution in [0.5, 0.6) is 0 Å². The van der Waals surface area contributed by atoms with Crippen molar-refractivity contribution in [3.63, 3.8) is 0 Å². The molecule has 0 spiro atoms. The van der Waals surface area contributed by atoms with Crippen molar-refractivity contribution in [2.45, 2.75) is 19.3 Å². The highest BCUT2D eigenvalue weighted by atomic mass is 79.9. The van der Waals surface area contributed by atoms with E-state index in [1.165, 1.54) is 0 Å². The third-order valence-corrected chi connectivity index (χ3v) is 4.09. The van der Waals surface area contributed by atoms with Crippen LogP contribution >= 0.6 is 27.5 Å². The molecule has 0 N–H and O–H groups in total. The number of benzene rings is 1. The molecule has 1 aromatic heterocycles. The smallest absolute Gasteiger partial charge is 0.164 e. The highest BCUT2D eigenvalue weighted by molar-refractivity contribution is 9.10. The number of aromatic nitrogens is 1. The largest absolute Gasteiger partial charge is 0.319 e. The Bertz CT molecular complexity index is 633. The van der Waals surface area contributed by atoms with Crippen molar-refractivity contribution in [3.8, 4) is 5.69 Å². The highest BCUT2D eigenvalue weighted by Gasteiger charge is 2.21. The molecule has 1 aliphatic carbocycles. The fourth-order valence-corrected chi connectivity index (χ4v) is 2.98. The zero-order chi connectivity index (χ0) is 12.7. The molecule has 1 aromatic carbocycles. The summed E-state index contributed by atoms with van der Waals surface area (Å²) in [5.41, 5.74) is 2.84. The van der Waals surface area contributed by atoms with Crippen LogP contribution in [0, 0.1) is 0 Å². The van der Waals surface area contributed by atoms with E-state index in [4.69, 9.17) is 11.6 Å². The summed E-state index contributed by atoms with van der Waals surface area (Å²) in [6, 6.07) is 7.64. The van der Waals surface area contributed by atoms with Crippen LogP contribution < -0.4 is 0 Å². The lowest BCUT2D eigenvalue weighted by Crippen LogP contribution is -2.12. The molecule has 4 heteroatoms. The fourth-order valence-electron chi connectivity index (χ4n) is 2.42. The Morgan fingerprint density at radius 2 is 2.06 bits per heavy atom. The number of fused-ring (bicyclic) bond motifs is 1. The molecule has 2 aromatic rings. The molecule has 2 nitrogen and oxygen atoms in total. The molecule has 1 heterocycles. The molecular weight excluding hydrogens is 314 g/mol. The van der Waals surface area contributed by atoms with Crippen LogP contribution in [-0.4, -0.2) is 10.4 Å². The predicted molar refractivity (Wildman–Crippen MR) is 75.7 cm³/mol. The lowest BCUT2D eigenvalue weighted by atomic mass is 9.97. The van der Waals surface area contributed by atoms with E-state index in [9.17, 15) is 4.79 Å². The number of Topliss-reactive ketones (excluding diaryl/α,β-unsaturated/α-hetero) is 1. The van der Waals surface area contributed by atoms with E-state index in [1.807, 2.05) is 35.0 Å². The molecule has 3 rings (SSSR count). The summed E-state index contributed by atoms with van der Waals surface area (Å²) in [4.78, 5) is 11.8. The number of ketones is 1. The predicted octanol–water partition coefficient (Wildman–Crippen LogP) is 4.41. The minimum absolute atomic E-state index is 0.237. The molecule has 18 heavy (non-hydrogen) atoms. The molecule has 0 fully saturated rings. The van der Waals surface area contributed by atoms with Gasteiger partial charge in [0.05, 0.1) is 10.7 Å². The molecule has 0 radical (unpaired) electrons. The van der Waals surface area contributed by atoms with E-state index in [0.29, 0.717) is 11.4 Å². The molecule has 0 saturated heterocycles. The Morgan fingerprint density at radius 3 is 2.89 bits per heavy atom. The lowest BCUT2D eigenvalue weighted by Gasteiger charge is -2.16. The van der Waals surface area contributed by atoms with Crippen molar-refractivity contribution < 1.29 is 4.79 Å². The van der Waals surface area contributed by atoms with Crippen molar-refractivity contribution in [1.82, 2.24) is 4.57 Å². The van der Waals surface area contributed by atoms with Crippen LogP contribution in [0.2, 0.25) is 5.02 Å². The summed E-state index contributed by atoms with van der Waals surface area (Å²) in [5.74, 6) is 0.237. The van der Waals surface area contributed by atoms with Gasteiger partial charge in [0.25, 0.3) is 0 Å². The standard InChI is InChI=1S/C14H11BrClNO/c15-9-4-5-11(16)13(8-9)17-7-6-10-12(17)2-1-3-14(10)18/h4-8H,1-3H2. The third-order valence-electron chi connectivity index (χ3n) is 3.28. The Labute approximate surface area is 119 Å². The first-order valence-electron chi connectivity index (χ1n) is 5.85. The minimum atomic E-state index is 0.237. The fraction of sp³-hybridized carbons (Fsp3) is 0.214. The molecule has 0 saturated carbocycles. The average Bonchev–Trinajstić information content (AvgIpc) is 2.77. The van der Waals surface area contributed by atoms with Crippen LogP contribution in [0.15, 0.2) is 34.9 Å². The van der Waals surface area contributed by atoms with Gasteiger partial charge in [-0.25, -0.2) is 0 Å². The summed E-state index contributed by atoms with van der Waals surface area (Å²) in [7, 11) is 0. The van der Waals surface area contributed by atoms with Crippen molar-refractivity contribution >= 4 is 33.3 Å². The Balaban J connectivity index is 2.18. The first kappa shape index (κ1) is 12.0. The van der Waals surface area contributed by atoms with Crippen LogP contribution in [0.3, 0.4) is 0 Å². The third kappa shape index (κ3) is 1.91. The van der Waals surface area contributed by atoms with Gasteiger partial charge in [-0.05, 0) is 37.1 Å². The number of hydrogen-bond acceptors (Lipinski definition) is 1. The molecule has 0 bridgehead atoms. The van der Waals surface area contributed by atoms with Crippen molar-refractivity contribution in [3.05, 3.63) is 51.2 Å². The molecule has 0 amide bonds. The van der Waals surface area contributed by atoms with E-state index in [2.05, 4.69) is 15.9 Å². The second kappa shape index (κ2) is 4.56. The normalized spacial score (nSPS) is 14.7. The molecule has 92 valence electrons. The van der Waals surface area contributed by atoms with Crippen LogP contribution in [0.1, 0.15) is 28.9 Å². The van der Waals surface area contributed by atoms with Crippen molar-refractivity contribution in [1.29, 1.82) is 0 Å². The van der Waals surface area contributed by atoms with Gasteiger partial charge in [-0.2, -0.15) is 0 Å². The van der Waals surface area contributed by atoms with Crippen molar-refractivity contribution in [2.24, 2.45) is 0 Å². The molecular formula is C14H11BrClNO. The quantitative estimate of drug-likeness (QED) is 0.761. The summed E-state index contributed by atoms with van der Waals surface area (Å²) in [6.45, 7) is 0. The number of halogens is 2. The Morgan fingerprint density at radius 1 is 1.22 bits per heavy atom. The van der Waals surface area contributed by atoms with E-state index in [-0.39, 0.29) is 5.78 Å². The maximum absolute atomic E-state index is 11.8. The average molecular weight is 325 g/mol. The van der Waals surface area contributed by atoms with E-state index in [1.54, 1.807) is 0 Å². The zero-order valence-corrected chi connectivity index (χ0v) is 12.0. The Kier molecular flexibility index (Phi) is 3.04. The number of rotatable bonds is 1. The lowest BCUT2D eigenvalue weighted by molar-refractivity contribution is 0.0972. The maximum atomic E-state index is 11.8. The molecule has 0 unspecified atom stereocenters. The molecule has 1 aliphatic rings. The molecule has 0 atom stereocenters.